The zero-order valence-electron chi connectivity index (χ0n) is 12.0. The van der Waals surface area contributed by atoms with Crippen LogP contribution in [-0.4, -0.2) is 23.9 Å². The van der Waals surface area contributed by atoms with Gasteiger partial charge in [-0.2, -0.15) is 0 Å². The van der Waals surface area contributed by atoms with Crippen molar-refractivity contribution in [3.8, 4) is 0 Å². The standard InChI is InChI=1S/C15H11Cl2N3O4/c16-6-1-2-7(9(17)5-6)12(22)13-11(20-15(18)23)8-3-4-10(21)19-14(8)24-13/h1-5,8,14H,(H,19,21)(H3,18,20,23). The van der Waals surface area contributed by atoms with Crippen molar-refractivity contribution >= 4 is 40.9 Å². The van der Waals surface area contributed by atoms with Crippen molar-refractivity contribution in [2.75, 3.05) is 0 Å². The third-order valence-corrected chi connectivity index (χ3v) is 4.08. The fourth-order valence-corrected chi connectivity index (χ4v) is 3.00. The molecule has 1 aromatic carbocycles. The lowest BCUT2D eigenvalue weighted by atomic mass is 9.99. The summed E-state index contributed by atoms with van der Waals surface area (Å²) in [6.45, 7) is 0. The molecule has 2 unspecified atom stereocenters. The summed E-state index contributed by atoms with van der Waals surface area (Å²) in [6, 6.07) is 3.52. The average Bonchev–Trinajstić information content (AvgIpc) is 2.83. The van der Waals surface area contributed by atoms with E-state index in [4.69, 9.17) is 33.7 Å². The molecule has 0 spiro atoms. The Morgan fingerprint density at radius 2 is 2.04 bits per heavy atom. The van der Waals surface area contributed by atoms with E-state index >= 15 is 0 Å². The van der Waals surface area contributed by atoms with E-state index in [0.717, 1.165) is 0 Å². The summed E-state index contributed by atoms with van der Waals surface area (Å²) in [4.78, 5) is 35.5. The molecule has 0 saturated heterocycles. The number of carbonyl (C=O) groups excluding carboxylic acids is 3. The molecule has 1 aromatic rings. The van der Waals surface area contributed by atoms with Crippen LogP contribution in [0.25, 0.3) is 0 Å². The maximum Gasteiger partial charge on any atom is 0.316 e. The van der Waals surface area contributed by atoms with Crippen LogP contribution in [0.15, 0.2) is 41.8 Å². The predicted molar refractivity (Wildman–Crippen MR) is 86.2 cm³/mol. The molecule has 0 aliphatic carbocycles. The van der Waals surface area contributed by atoms with Gasteiger partial charge in [-0.25, -0.2) is 4.79 Å². The normalized spacial score (nSPS) is 21.8. The predicted octanol–water partition coefficient (Wildman–Crippen LogP) is 1.71. The van der Waals surface area contributed by atoms with Gasteiger partial charge in [0, 0.05) is 10.6 Å². The highest BCUT2D eigenvalue weighted by Crippen LogP contribution is 2.34. The van der Waals surface area contributed by atoms with E-state index in [1.54, 1.807) is 0 Å². The van der Waals surface area contributed by atoms with Crippen LogP contribution in [0.4, 0.5) is 4.79 Å². The molecule has 124 valence electrons. The number of primary amides is 1. The molecular weight excluding hydrogens is 357 g/mol. The highest BCUT2D eigenvalue weighted by atomic mass is 35.5. The number of nitrogens with two attached hydrogens (primary N) is 1. The van der Waals surface area contributed by atoms with Crippen molar-refractivity contribution < 1.29 is 19.1 Å². The molecule has 24 heavy (non-hydrogen) atoms. The molecule has 0 radical (unpaired) electrons. The summed E-state index contributed by atoms with van der Waals surface area (Å²) in [5.74, 6) is -1.61. The van der Waals surface area contributed by atoms with Gasteiger partial charge >= 0.3 is 6.03 Å². The van der Waals surface area contributed by atoms with E-state index in [1.807, 2.05) is 0 Å². The number of ketones is 1. The lowest BCUT2D eigenvalue weighted by Gasteiger charge is -2.22. The van der Waals surface area contributed by atoms with Crippen molar-refractivity contribution in [3.05, 3.63) is 57.4 Å². The number of amides is 3. The molecule has 2 aliphatic heterocycles. The van der Waals surface area contributed by atoms with Crippen LogP contribution in [-0.2, 0) is 9.53 Å². The largest absolute Gasteiger partial charge is 0.464 e. The SMILES string of the molecule is NC(=O)NC1=C(C(=O)c2ccc(Cl)cc2Cl)OC2NC(=O)C=CC12. The number of fused-ring (bicyclic) bond motifs is 1. The minimum absolute atomic E-state index is 0.136. The molecule has 0 bridgehead atoms. The highest BCUT2D eigenvalue weighted by molar-refractivity contribution is 6.37. The number of ether oxygens (including phenoxy) is 1. The zero-order valence-corrected chi connectivity index (χ0v) is 13.5. The maximum absolute atomic E-state index is 12.8. The Bertz CT molecular complexity index is 819. The number of hydrogen-bond acceptors (Lipinski definition) is 4. The Labute approximate surface area is 146 Å². The first-order chi connectivity index (χ1) is 11.4. The first-order valence-electron chi connectivity index (χ1n) is 6.82. The van der Waals surface area contributed by atoms with Gasteiger partial charge in [0.25, 0.3) is 0 Å². The molecule has 2 aliphatic rings. The Kier molecular flexibility index (Phi) is 4.21. The van der Waals surface area contributed by atoms with Crippen LogP contribution in [0.1, 0.15) is 10.4 Å². The summed E-state index contributed by atoms with van der Waals surface area (Å²) >= 11 is 11.9. The van der Waals surface area contributed by atoms with Crippen molar-refractivity contribution in [2.24, 2.45) is 11.7 Å². The minimum atomic E-state index is -0.855. The molecule has 0 fully saturated rings. The molecular formula is C15H11Cl2N3O4. The molecule has 4 N–H and O–H groups in total. The van der Waals surface area contributed by atoms with Crippen molar-refractivity contribution in [1.82, 2.24) is 10.6 Å². The monoisotopic (exact) mass is 367 g/mol. The lowest BCUT2D eigenvalue weighted by Crippen LogP contribution is -2.43. The Hall–Kier alpha value is -2.51. The number of nitrogens with one attached hydrogen (secondary N) is 2. The minimum Gasteiger partial charge on any atom is -0.464 e. The number of allylic oxidation sites excluding steroid dienone is 1. The van der Waals surface area contributed by atoms with Gasteiger partial charge in [-0.3, -0.25) is 9.59 Å². The smallest absolute Gasteiger partial charge is 0.316 e. The van der Waals surface area contributed by atoms with Gasteiger partial charge in [-0.1, -0.05) is 29.3 Å². The first kappa shape index (κ1) is 16.4. The van der Waals surface area contributed by atoms with Gasteiger partial charge in [0.05, 0.1) is 16.6 Å². The number of carbonyl (C=O) groups is 3. The van der Waals surface area contributed by atoms with Crippen LogP contribution in [0.2, 0.25) is 10.0 Å². The van der Waals surface area contributed by atoms with Crippen molar-refractivity contribution in [2.45, 2.75) is 6.23 Å². The quantitative estimate of drug-likeness (QED) is 0.706. The number of Topliss-reactive ketones (excluding diaryl/α,β-unsaturated/α-hetero) is 1. The van der Waals surface area contributed by atoms with E-state index in [9.17, 15) is 14.4 Å². The highest BCUT2D eigenvalue weighted by Gasteiger charge is 2.41. The van der Waals surface area contributed by atoms with Gasteiger partial charge in [-0.15, -0.1) is 0 Å². The van der Waals surface area contributed by atoms with Crippen molar-refractivity contribution in [3.63, 3.8) is 0 Å². The number of rotatable bonds is 3. The zero-order chi connectivity index (χ0) is 17.4. The van der Waals surface area contributed by atoms with E-state index in [2.05, 4.69) is 10.6 Å². The third-order valence-electron chi connectivity index (χ3n) is 3.53. The van der Waals surface area contributed by atoms with Crippen LogP contribution >= 0.6 is 23.2 Å². The van der Waals surface area contributed by atoms with Gasteiger partial charge in [0.2, 0.25) is 11.7 Å². The lowest BCUT2D eigenvalue weighted by molar-refractivity contribution is -0.120. The van der Waals surface area contributed by atoms with Crippen LogP contribution in [0, 0.1) is 5.92 Å². The Morgan fingerprint density at radius 3 is 2.71 bits per heavy atom. The summed E-state index contributed by atoms with van der Waals surface area (Å²) in [7, 11) is 0. The van der Waals surface area contributed by atoms with Crippen molar-refractivity contribution in [1.29, 1.82) is 0 Å². The van der Waals surface area contributed by atoms with Crippen LogP contribution in [0.3, 0.4) is 0 Å². The molecule has 2 heterocycles. The molecule has 0 aromatic heterocycles. The first-order valence-corrected chi connectivity index (χ1v) is 7.58. The molecule has 3 amide bonds. The summed E-state index contributed by atoms with van der Waals surface area (Å²) < 4.78 is 5.54. The Balaban J connectivity index is 2.02. The second kappa shape index (κ2) is 6.18. The number of benzene rings is 1. The van der Waals surface area contributed by atoms with Crippen LogP contribution < -0.4 is 16.4 Å². The Morgan fingerprint density at radius 1 is 1.29 bits per heavy atom. The third kappa shape index (κ3) is 2.95. The molecule has 7 nitrogen and oxygen atoms in total. The van der Waals surface area contributed by atoms with Gasteiger partial charge in [0.1, 0.15) is 0 Å². The fourth-order valence-electron chi connectivity index (χ4n) is 2.51. The number of urea groups is 1. The molecule has 2 atom stereocenters. The van der Waals surface area contributed by atoms with E-state index in [1.165, 1.54) is 30.4 Å². The van der Waals surface area contributed by atoms with E-state index < -0.39 is 24.0 Å². The van der Waals surface area contributed by atoms with Gasteiger partial charge in [0.15, 0.2) is 12.0 Å². The average molecular weight is 368 g/mol. The fraction of sp³-hybridized carbons (Fsp3) is 0.133. The van der Waals surface area contributed by atoms with E-state index in [0.29, 0.717) is 5.02 Å². The maximum atomic E-state index is 12.8. The van der Waals surface area contributed by atoms with E-state index in [-0.39, 0.29) is 27.9 Å². The second-order valence-electron chi connectivity index (χ2n) is 5.12. The molecule has 9 heteroatoms. The van der Waals surface area contributed by atoms with Gasteiger partial charge in [-0.05, 0) is 24.3 Å². The summed E-state index contributed by atoms with van der Waals surface area (Å²) in [6.07, 6.45) is 2.00. The number of hydrogen-bond donors (Lipinski definition) is 3. The molecule has 3 rings (SSSR count). The second-order valence-corrected chi connectivity index (χ2v) is 5.96. The topological polar surface area (TPSA) is 111 Å². The number of halogens is 2. The van der Waals surface area contributed by atoms with Crippen LogP contribution in [0.5, 0.6) is 0 Å². The summed E-state index contributed by atoms with van der Waals surface area (Å²) in [5, 5.41) is 5.45. The summed E-state index contributed by atoms with van der Waals surface area (Å²) in [5.41, 5.74) is 5.48. The van der Waals surface area contributed by atoms with Gasteiger partial charge < -0.3 is 21.1 Å². The molecule has 0 saturated carbocycles.